The highest BCUT2D eigenvalue weighted by atomic mass is 16.6. The zero-order valence-corrected chi connectivity index (χ0v) is 36.3. The Bertz CT molecular complexity index is 1170. The van der Waals surface area contributed by atoms with Gasteiger partial charge in [0.1, 0.15) is 5.75 Å². The fourth-order valence-electron chi connectivity index (χ4n) is 8.01. The summed E-state index contributed by atoms with van der Waals surface area (Å²) < 4.78 is 5.95. The van der Waals surface area contributed by atoms with Crippen molar-refractivity contribution in [2.45, 2.75) is 246 Å². The number of amides is 1. The van der Waals surface area contributed by atoms with Gasteiger partial charge in [-0.05, 0) is 68.4 Å². The van der Waals surface area contributed by atoms with Crippen LogP contribution in [0.25, 0.3) is 0 Å². The fourth-order valence-corrected chi connectivity index (χ4v) is 8.01. The lowest BCUT2D eigenvalue weighted by atomic mass is 9.98. The molecule has 0 atom stereocenters. The molecule has 0 aliphatic carbocycles. The molecule has 0 radical (unpaired) electrons. The molecule has 54 heavy (non-hydrogen) atoms. The predicted molar refractivity (Wildman–Crippen MR) is 239 cm³/mol. The molecule has 0 bridgehead atoms. The minimum Gasteiger partial charge on any atom is -0.410 e. The molecular formula is C51H87NO2. The molecule has 308 valence electrons. The molecule has 0 saturated carbocycles. The Kier molecular flexibility index (Phi) is 30.1. The predicted octanol–water partition coefficient (Wildman–Crippen LogP) is 17.5. The summed E-state index contributed by atoms with van der Waals surface area (Å²) in [6.45, 7) is 8.69. The summed E-state index contributed by atoms with van der Waals surface area (Å²) >= 11 is 0. The largest absolute Gasteiger partial charge is 0.417 e. The first kappa shape index (κ1) is 47.9. The van der Waals surface area contributed by atoms with E-state index in [9.17, 15) is 4.79 Å². The molecule has 0 spiro atoms. The quantitative estimate of drug-likeness (QED) is 0.0705. The maximum absolute atomic E-state index is 13.0. The maximum Gasteiger partial charge on any atom is 0.417 e. The molecule has 2 rings (SSSR count). The van der Waals surface area contributed by atoms with E-state index in [2.05, 4.69) is 44.3 Å². The number of carbonyl (C=O) groups excluding carboxylic acids is 1. The van der Waals surface area contributed by atoms with Crippen molar-refractivity contribution in [3.05, 3.63) is 58.7 Å². The molecule has 2 aromatic rings. The van der Waals surface area contributed by atoms with Gasteiger partial charge in [-0.2, -0.15) is 0 Å². The normalized spacial score (nSPS) is 11.3. The zero-order chi connectivity index (χ0) is 38.7. The Balaban J connectivity index is 1.67. The van der Waals surface area contributed by atoms with Crippen molar-refractivity contribution < 1.29 is 9.53 Å². The van der Waals surface area contributed by atoms with Crippen molar-refractivity contribution in [1.82, 2.24) is 0 Å². The van der Waals surface area contributed by atoms with Gasteiger partial charge in [0.2, 0.25) is 0 Å². The van der Waals surface area contributed by atoms with Crippen LogP contribution in [0.15, 0.2) is 36.4 Å². The van der Waals surface area contributed by atoms with Crippen molar-refractivity contribution >= 4 is 11.8 Å². The van der Waals surface area contributed by atoms with Crippen LogP contribution in [-0.4, -0.2) is 6.09 Å². The number of benzene rings is 2. The molecule has 0 aromatic heterocycles. The summed E-state index contributed by atoms with van der Waals surface area (Å²) in [5, 5.41) is 2.98. The van der Waals surface area contributed by atoms with Gasteiger partial charge in [-0.1, -0.05) is 236 Å². The van der Waals surface area contributed by atoms with Gasteiger partial charge in [-0.25, -0.2) is 4.79 Å². The first-order valence-corrected chi connectivity index (χ1v) is 23.7. The Morgan fingerprint density at radius 1 is 0.463 bits per heavy atom. The van der Waals surface area contributed by atoms with Crippen LogP contribution in [-0.2, 0) is 12.8 Å². The highest BCUT2D eigenvalue weighted by molar-refractivity contribution is 5.87. The first-order chi connectivity index (χ1) is 26.5. The summed E-state index contributed by atoms with van der Waals surface area (Å²) in [4.78, 5) is 13.0. The average Bonchev–Trinajstić information content (AvgIpc) is 3.16. The van der Waals surface area contributed by atoms with E-state index in [0.29, 0.717) is 5.75 Å². The Labute approximate surface area is 336 Å². The van der Waals surface area contributed by atoms with Crippen LogP contribution >= 0.6 is 0 Å². The molecule has 0 heterocycles. The van der Waals surface area contributed by atoms with Crippen LogP contribution in [0.1, 0.15) is 242 Å². The van der Waals surface area contributed by atoms with Crippen molar-refractivity contribution in [3.63, 3.8) is 0 Å². The monoisotopic (exact) mass is 746 g/mol. The van der Waals surface area contributed by atoms with E-state index in [-0.39, 0.29) is 0 Å². The van der Waals surface area contributed by atoms with Crippen LogP contribution in [0, 0.1) is 13.8 Å². The SMILES string of the molecule is CCCCCCCCCCCCCCCCCCc1ccc(OC(=O)Nc2ccc(C)cc2C)c(CCCCCCCCCCCCCCCCCC)c1. The number of ether oxygens (including phenoxy) is 1. The second kappa shape index (κ2) is 34.0. The number of rotatable bonds is 36. The summed E-state index contributed by atoms with van der Waals surface area (Å²) in [7, 11) is 0. The van der Waals surface area contributed by atoms with E-state index < -0.39 is 6.09 Å². The van der Waals surface area contributed by atoms with E-state index in [0.717, 1.165) is 30.5 Å². The fraction of sp³-hybridized carbons (Fsp3) is 0.745. The highest BCUT2D eigenvalue weighted by Crippen LogP contribution is 2.26. The molecule has 2 aromatic carbocycles. The molecule has 0 fully saturated rings. The van der Waals surface area contributed by atoms with Gasteiger partial charge in [0, 0.05) is 5.69 Å². The first-order valence-electron chi connectivity index (χ1n) is 23.7. The van der Waals surface area contributed by atoms with Gasteiger partial charge >= 0.3 is 6.09 Å². The van der Waals surface area contributed by atoms with Crippen LogP contribution in [0.3, 0.4) is 0 Å². The van der Waals surface area contributed by atoms with Crippen LogP contribution in [0.2, 0.25) is 0 Å². The molecule has 1 amide bonds. The Hall–Kier alpha value is -2.29. The molecule has 0 aliphatic rings. The van der Waals surface area contributed by atoms with Crippen molar-refractivity contribution in [2.24, 2.45) is 0 Å². The summed E-state index contributed by atoms with van der Waals surface area (Å²) in [6, 6.07) is 12.6. The van der Waals surface area contributed by atoms with E-state index >= 15 is 0 Å². The number of nitrogens with one attached hydrogen (secondary N) is 1. The van der Waals surface area contributed by atoms with Crippen LogP contribution < -0.4 is 10.1 Å². The Morgan fingerprint density at radius 3 is 1.26 bits per heavy atom. The molecule has 3 heteroatoms. The van der Waals surface area contributed by atoms with Gasteiger partial charge in [0.05, 0.1) is 0 Å². The third kappa shape index (κ3) is 25.7. The number of carbonyl (C=O) groups is 1. The molecule has 0 saturated heterocycles. The lowest BCUT2D eigenvalue weighted by molar-refractivity contribution is 0.214. The molecule has 0 unspecified atom stereocenters. The number of aryl methyl sites for hydroxylation is 4. The van der Waals surface area contributed by atoms with Crippen molar-refractivity contribution in [3.8, 4) is 5.75 Å². The maximum atomic E-state index is 13.0. The van der Waals surface area contributed by atoms with Gasteiger partial charge in [-0.3, -0.25) is 5.32 Å². The second-order valence-corrected chi connectivity index (χ2v) is 16.9. The second-order valence-electron chi connectivity index (χ2n) is 16.9. The standard InChI is InChI=1S/C51H87NO2/c1-5-7-9-11-13-15-17-19-21-23-25-27-29-31-33-35-37-47-40-42-50(54-51(53)52-49-41-39-45(3)43-46(49)4)48(44-47)38-36-34-32-30-28-26-24-22-20-18-16-14-12-10-8-6-2/h39-44H,5-38H2,1-4H3,(H,52,53). The summed E-state index contributed by atoms with van der Waals surface area (Å²) in [5.41, 5.74) is 5.62. The van der Waals surface area contributed by atoms with E-state index in [4.69, 9.17) is 4.74 Å². The number of unbranched alkanes of at least 4 members (excludes halogenated alkanes) is 30. The number of hydrogen-bond acceptors (Lipinski definition) is 2. The lowest BCUT2D eigenvalue weighted by Crippen LogP contribution is -2.18. The lowest BCUT2D eigenvalue weighted by Gasteiger charge is -2.14. The molecule has 3 nitrogen and oxygen atoms in total. The molecule has 1 N–H and O–H groups in total. The topological polar surface area (TPSA) is 38.3 Å². The Morgan fingerprint density at radius 2 is 0.852 bits per heavy atom. The summed E-state index contributed by atoms with van der Waals surface area (Å²) in [5.74, 6) is 0.717. The number of hydrogen-bond donors (Lipinski definition) is 1. The zero-order valence-electron chi connectivity index (χ0n) is 36.3. The smallest absolute Gasteiger partial charge is 0.410 e. The average molecular weight is 746 g/mol. The van der Waals surface area contributed by atoms with E-state index in [1.165, 1.54) is 216 Å². The van der Waals surface area contributed by atoms with Gasteiger partial charge in [0.25, 0.3) is 0 Å². The van der Waals surface area contributed by atoms with Gasteiger partial charge in [0.15, 0.2) is 0 Å². The van der Waals surface area contributed by atoms with Gasteiger partial charge in [-0.15, -0.1) is 0 Å². The molecular weight excluding hydrogens is 659 g/mol. The van der Waals surface area contributed by atoms with Crippen molar-refractivity contribution in [2.75, 3.05) is 5.32 Å². The third-order valence-corrected chi connectivity index (χ3v) is 11.6. The highest BCUT2D eigenvalue weighted by Gasteiger charge is 2.12. The van der Waals surface area contributed by atoms with Gasteiger partial charge < -0.3 is 4.74 Å². The molecule has 0 aliphatic heterocycles. The van der Waals surface area contributed by atoms with Crippen molar-refractivity contribution in [1.29, 1.82) is 0 Å². The van der Waals surface area contributed by atoms with E-state index in [1.807, 2.05) is 25.1 Å². The minimum atomic E-state index is -0.402. The van der Waals surface area contributed by atoms with Crippen LogP contribution in [0.5, 0.6) is 5.75 Å². The number of anilines is 1. The summed E-state index contributed by atoms with van der Waals surface area (Å²) in [6.07, 6.45) is 46.1. The minimum absolute atomic E-state index is 0.402. The van der Waals surface area contributed by atoms with Crippen LogP contribution in [0.4, 0.5) is 10.5 Å². The third-order valence-electron chi connectivity index (χ3n) is 11.6. The van der Waals surface area contributed by atoms with E-state index in [1.54, 1.807) is 0 Å².